The maximum atomic E-state index is 11.2. The molecule has 0 atom stereocenters. The predicted octanol–water partition coefficient (Wildman–Crippen LogP) is 0.804. The molecule has 1 fully saturated rings. The maximum absolute atomic E-state index is 11.2. The molecule has 8 heteroatoms. The first-order valence-corrected chi connectivity index (χ1v) is 11.8. The molecule has 6 nitrogen and oxygen atoms in total. The summed E-state index contributed by atoms with van der Waals surface area (Å²) in [6, 6.07) is 0.419. The van der Waals surface area contributed by atoms with Crippen LogP contribution in [-0.4, -0.2) is 82.1 Å². The van der Waals surface area contributed by atoms with E-state index in [0.29, 0.717) is 12.6 Å². The van der Waals surface area contributed by atoms with Gasteiger partial charge in [0.15, 0.2) is 5.96 Å². The van der Waals surface area contributed by atoms with Crippen molar-refractivity contribution < 1.29 is 8.42 Å². The number of guanidine groups is 1. The molecule has 23 heavy (non-hydrogen) atoms. The van der Waals surface area contributed by atoms with Gasteiger partial charge < -0.3 is 15.5 Å². The number of nitrogens with zero attached hydrogens (tertiary/aromatic N) is 2. The van der Waals surface area contributed by atoms with Crippen LogP contribution in [0.15, 0.2) is 4.99 Å². The quantitative estimate of drug-likeness (QED) is 0.358. The Morgan fingerprint density at radius 3 is 2.61 bits per heavy atom. The lowest BCUT2D eigenvalue weighted by atomic mass is 10.1. The Kier molecular flexibility index (Phi) is 9.97. The van der Waals surface area contributed by atoms with Crippen molar-refractivity contribution in [1.82, 2.24) is 15.5 Å². The topological polar surface area (TPSA) is 73.8 Å². The molecule has 0 bridgehead atoms. The molecule has 2 N–H and O–H groups in total. The van der Waals surface area contributed by atoms with Crippen molar-refractivity contribution in [3.05, 3.63) is 0 Å². The zero-order valence-electron chi connectivity index (χ0n) is 14.7. The van der Waals surface area contributed by atoms with E-state index in [4.69, 9.17) is 0 Å². The van der Waals surface area contributed by atoms with E-state index in [1.54, 1.807) is 0 Å². The van der Waals surface area contributed by atoms with Crippen LogP contribution in [0.25, 0.3) is 0 Å². The third-order valence-electron chi connectivity index (χ3n) is 3.83. The van der Waals surface area contributed by atoms with Gasteiger partial charge in [-0.15, -0.1) is 0 Å². The molecule has 0 aromatic carbocycles. The van der Waals surface area contributed by atoms with E-state index < -0.39 is 9.84 Å². The summed E-state index contributed by atoms with van der Waals surface area (Å²) < 4.78 is 22.5. The summed E-state index contributed by atoms with van der Waals surface area (Å²) in [6.45, 7) is 6.32. The van der Waals surface area contributed by atoms with E-state index in [1.165, 1.54) is 6.26 Å². The third kappa shape index (κ3) is 10.1. The number of thioether (sulfide) groups is 1. The molecule has 0 aliphatic carbocycles. The van der Waals surface area contributed by atoms with E-state index in [0.717, 1.165) is 57.2 Å². The maximum Gasteiger partial charge on any atom is 0.191 e. The van der Waals surface area contributed by atoms with Gasteiger partial charge in [-0.2, -0.15) is 11.8 Å². The summed E-state index contributed by atoms with van der Waals surface area (Å²) in [7, 11) is -2.87. The molecule has 0 radical (unpaired) electrons. The Morgan fingerprint density at radius 1 is 1.35 bits per heavy atom. The average Bonchev–Trinajstić information content (AvgIpc) is 2.50. The monoisotopic (exact) mass is 364 g/mol. The van der Waals surface area contributed by atoms with E-state index in [1.807, 2.05) is 11.8 Å². The zero-order chi connectivity index (χ0) is 17.1. The van der Waals surface area contributed by atoms with Gasteiger partial charge in [0, 0.05) is 45.0 Å². The molecule has 0 amide bonds. The molecule has 1 rings (SSSR count). The molecular formula is C15H32N4O2S2. The normalized spacial score (nSPS) is 18.1. The van der Waals surface area contributed by atoms with Crippen LogP contribution < -0.4 is 10.6 Å². The first-order chi connectivity index (χ1) is 10.9. The Bertz CT molecular complexity index is 446. The van der Waals surface area contributed by atoms with Crippen molar-refractivity contribution in [2.45, 2.75) is 32.2 Å². The Labute approximate surface area is 145 Å². The molecule has 136 valence electrons. The van der Waals surface area contributed by atoms with Gasteiger partial charge in [0.25, 0.3) is 0 Å². The summed E-state index contributed by atoms with van der Waals surface area (Å²) in [6.07, 6.45) is 6.57. The number of rotatable bonds is 9. The second-order valence-electron chi connectivity index (χ2n) is 6.00. The van der Waals surface area contributed by atoms with Crippen molar-refractivity contribution in [3.63, 3.8) is 0 Å². The van der Waals surface area contributed by atoms with Crippen LogP contribution in [0.2, 0.25) is 0 Å². The predicted molar refractivity (Wildman–Crippen MR) is 101 cm³/mol. The zero-order valence-corrected chi connectivity index (χ0v) is 16.3. The van der Waals surface area contributed by atoms with Gasteiger partial charge in [0.2, 0.25) is 0 Å². The fraction of sp³-hybridized carbons (Fsp3) is 0.933. The fourth-order valence-corrected chi connectivity index (χ4v) is 3.52. The van der Waals surface area contributed by atoms with Gasteiger partial charge >= 0.3 is 0 Å². The Morgan fingerprint density at radius 2 is 2.04 bits per heavy atom. The van der Waals surface area contributed by atoms with Crippen molar-refractivity contribution in [2.24, 2.45) is 4.99 Å². The largest absolute Gasteiger partial charge is 0.357 e. The van der Waals surface area contributed by atoms with Gasteiger partial charge in [-0.05, 0) is 38.2 Å². The van der Waals surface area contributed by atoms with E-state index in [2.05, 4.69) is 33.7 Å². The van der Waals surface area contributed by atoms with Crippen LogP contribution in [0.5, 0.6) is 0 Å². The number of aliphatic imine (C=N–C) groups is 1. The van der Waals surface area contributed by atoms with Gasteiger partial charge in [-0.25, -0.2) is 8.42 Å². The standard InChI is InChI=1S/C15H32N4O2S2/c1-4-16-15(17-8-5-12-22-2)18-14-6-9-19(10-7-14)11-13-23(3,20)21/h14H,4-13H2,1-3H3,(H2,16,17,18). The number of hydrogen-bond donors (Lipinski definition) is 2. The van der Waals surface area contributed by atoms with Crippen LogP contribution in [0.4, 0.5) is 0 Å². The van der Waals surface area contributed by atoms with E-state index >= 15 is 0 Å². The van der Waals surface area contributed by atoms with Crippen molar-refractivity contribution >= 4 is 27.6 Å². The molecule has 0 saturated carbocycles. The fourth-order valence-electron chi connectivity index (χ4n) is 2.51. The molecule has 0 aromatic rings. The number of piperidine rings is 1. The lowest BCUT2D eigenvalue weighted by Gasteiger charge is -2.32. The van der Waals surface area contributed by atoms with E-state index in [9.17, 15) is 8.42 Å². The van der Waals surface area contributed by atoms with Crippen LogP contribution in [0.3, 0.4) is 0 Å². The van der Waals surface area contributed by atoms with Gasteiger partial charge in [0.1, 0.15) is 9.84 Å². The van der Waals surface area contributed by atoms with Crippen molar-refractivity contribution in [3.8, 4) is 0 Å². The number of sulfone groups is 1. The molecule has 1 aliphatic rings. The first kappa shape index (κ1) is 20.6. The number of nitrogens with one attached hydrogen (secondary N) is 2. The molecule has 1 heterocycles. The van der Waals surface area contributed by atoms with Crippen LogP contribution >= 0.6 is 11.8 Å². The molecule has 0 unspecified atom stereocenters. The smallest absolute Gasteiger partial charge is 0.191 e. The minimum absolute atomic E-state index is 0.255. The Balaban J connectivity index is 2.33. The second-order valence-corrected chi connectivity index (χ2v) is 9.24. The molecule has 0 aromatic heterocycles. The highest BCUT2D eigenvalue weighted by Crippen LogP contribution is 2.10. The highest BCUT2D eigenvalue weighted by molar-refractivity contribution is 7.98. The van der Waals surface area contributed by atoms with Gasteiger partial charge in [0.05, 0.1) is 5.75 Å². The van der Waals surface area contributed by atoms with Gasteiger partial charge in [-0.1, -0.05) is 0 Å². The third-order valence-corrected chi connectivity index (χ3v) is 5.45. The number of hydrogen-bond acceptors (Lipinski definition) is 5. The highest BCUT2D eigenvalue weighted by Gasteiger charge is 2.20. The van der Waals surface area contributed by atoms with Crippen molar-refractivity contribution in [2.75, 3.05) is 56.7 Å². The first-order valence-electron chi connectivity index (χ1n) is 8.38. The summed E-state index contributed by atoms with van der Waals surface area (Å²) in [5.41, 5.74) is 0. The summed E-state index contributed by atoms with van der Waals surface area (Å²) in [4.78, 5) is 6.86. The minimum Gasteiger partial charge on any atom is -0.357 e. The average molecular weight is 365 g/mol. The summed E-state index contributed by atoms with van der Waals surface area (Å²) in [5, 5.41) is 6.82. The Hall–Kier alpha value is -0.470. The molecule has 1 aliphatic heterocycles. The molecule has 1 saturated heterocycles. The SMILES string of the molecule is CCNC(=NCCCSC)NC1CCN(CCS(C)(=O)=O)CC1. The van der Waals surface area contributed by atoms with E-state index in [-0.39, 0.29) is 5.75 Å². The summed E-state index contributed by atoms with van der Waals surface area (Å²) >= 11 is 1.85. The van der Waals surface area contributed by atoms with Crippen molar-refractivity contribution in [1.29, 1.82) is 0 Å². The molecular weight excluding hydrogens is 332 g/mol. The van der Waals surface area contributed by atoms with Gasteiger partial charge in [-0.3, -0.25) is 4.99 Å². The highest BCUT2D eigenvalue weighted by atomic mass is 32.2. The minimum atomic E-state index is -2.87. The second kappa shape index (κ2) is 11.1. The molecule has 0 spiro atoms. The summed E-state index contributed by atoms with van der Waals surface area (Å²) in [5.74, 6) is 2.30. The lowest BCUT2D eigenvalue weighted by molar-refractivity contribution is 0.216. The number of likely N-dealkylation sites (tertiary alicyclic amines) is 1. The van der Waals surface area contributed by atoms with Crippen LogP contribution in [0.1, 0.15) is 26.2 Å². The van der Waals surface area contributed by atoms with Crippen LogP contribution in [0, 0.1) is 0 Å². The van der Waals surface area contributed by atoms with Crippen LogP contribution in [-0.2, 0) is 9.84 Å². The lowest BCUT2D eigenvalue weighted by Crippen LogP contribution is -2.49.